The molecular weight excluding hydrogens is 419 g/mol. The fraction of sp³-hybridized carbons (Fsp3) is 0.304. The van der Waals surface area contributed by atoms with Crippen molar-refractivity contribution in [2.24, 2.45) is 4.99 Å². The van der Waals surface area contributed by atoms with Crippen molar-refractivity contribution in [3.05, 3.63) is 71.4 Å². The van der Waals surface area contributed by atoms with Crippen molar-refractivity contribution in [3.8, 4) is 0 Å². The molecule has 3 aromatic rings. The van der Waals surface area contributed by atoms with Crippen molar-refractivity contribution in [2.45, 2.75) is 19.1 Å². The van der Waals surface area contributed by atoms with Gasteiger partial charge in [0.05, 0.1) is 18.7 Å². The highest BCUT2D eigenvalue weighted by Gasteiger charge is 2.30. The molecule has 3 rings (SSSR count). The number of para-hydroxylation sites is 1. The zero-order chi connectivity index (χ0) is 23.1. The first-order chi connectivity index (χ1) is 15.2. The van der Waals surface area contributed by atoms with Crippen LogP contribution >= 0.6 is 0 Å². The number of fused-ring (bicyclic) bond motifs is 1. The maximum absolute atomic E-state index is 13.0. The summed E-state index contributed by atoms with van der Waals surface area (Å²) in [6, 6.07) is 15.1. The number of benzene rings is 2. The van der Waals surface area contributed by atoms with E-state index in [1.54, 1.807) is 20.2 Å². The summed E-state index contributed by atoms with van der Waals surface area (Å²) in [5.74, 6) is 0.211. The van der Waals surface area contributed by atoms with Gasteiger partial charge >= 0.3 is 6.18 Å². The van der Waals surface area contributed by atoms with Crippen molar-refractivity contribution < 1.29 is 18.0 Å². The number of H-pyrrole nitrogens is 1. The number of hydrogen-bond acceptors (Lipinski definition) is 2. The molecule has 0 unspecified atom stereocenters. The highest BCUT2D eigenvalue weighted by molar-refractivity contribution is 5.86. The third kappa shape index (κ3) is 6.50. The van der Waals surface area contributed by atoms with E-state index in [-0.39, 0.29) is 19.0 Å². The quantitative estimate of drug-likeness (QED) is 0.385. The minimum atomic E-state index is -4.41. The van der Waals surface area contributed by atoms with Gasteiger partial charge in [0, 0.05) is 38.3 Å². The van der Waals surface area contributed by atoms with Crippen LogP contribution in [0, 0.1) is 0 Å². The molecule has 0 bridgehead atoms. The van der Waals surface area contributed by atoms with Crippen LogP contribution in [-0.2, 0) is 23.9 Å². The average Bonchev–Trinajstić information content (AvgIpc) is 3.17. The van der Waals surface area contributed by atoms with E-state index in [9.17, 15) is 18.0 Å². The Morgan fingerprint density at radius 2 is 1.84 bits per heavy atom. The molecule has 0 fully saturated rings. The number of halogens is 3. The normalized spacial score (nSPS) is 12.1. The lowest BCUT2D eigenvalue weighted by Gasteiger charge is -2.15. The fourth-order valence-corrected chi connectivity index (χ4v) is 3.09. The number of aliphatic imine (C=N–C) groups is 1. The molecule has 1 aromatic heterocycles. The van der Waals surface area contributed by atoms with Crippen LogP contribution in [0.3, 0.4) is 0 Å². The molecule has 0 radical (unpaired) electrons. The van der Waals surface area contributed by atoms with Gasteiger partial charge in [0.2, 0.25) is 5.91 Å². The first kappa shape index (κ1) is 23.2. The van der Waals surface area contributed by atoms with E-state index in [1.165, 1.54) is 11.0 Å². The van der Waals surface area contributed by atoms with E-state index in [4.69, 9.17) is 0 Å². The number of amides is 1. The van der Waals surface area contributed by atoms with Gasteiger partial charge in [0.15, 0.2) is 5.96 Å². The van der Waals surface area contributed by atoms with Crippen LogP contribution in [0.2, 0.25) is 0 Å². The number of likely N-dealkylation sites (N-methyl/N-ethyl adjacent to an activating group) is 1. The van der Waals surface area contributed by atoms with Gasteiger partial charge in [0.1, 0.15) is 0 Å². The van der Waals surface area contributed by atoms with Gasteiger partial charge in [-0.25, -0.2) is 4.99 Å². The lowest BCUT2D eigenvalue weighted by molar-refractivity contribution is -0.137. The van der Waals surface area contributed by atoms with E-state index in [0.717, 1.165) is 28.7 Å². The molecule has 9 heteroatoms. The minimum Gasteiger partial charge on any atom is -0.358 e. The summed E-state index contributed by atoms with van der Waals surface area (Å²) in [5, 5.41) is 7.21. The molecule has 6 nitrogen and oxygen atoms in total. The van der Waals surface area contributed by atoms with E-state index in [2.05, 4.69) is 26.7 Å². The highest BCUT2D eigenvalue weighted by atomic mass is 19.4. The molecule has 0 atom stereocenters. The summed E-state index contributed by atoms with van der Waals surface area (Å²) in [4.78, 5) is 21.1. The minimum absolute atomic E-state index is 0.0216. The Morgan fingerprint density at radius 3 is 2.56 bits per heavy atom. The van der Waals surface area contributed by atoms with Gasteiger partial charge in [0.25, 0.3) is 0 Å². The van der Waals surface area contributed by atoms with E-state index >= 15 is 0 Å². The Morgan fingerprint density at radius 1 is 1.06 bits per heavy atom. The SMILES string of the molecule is CN(C)C(=O)CNC(=NCc1cccc(C(F)(F)F)c1)NCCc1cc2ccccc2[nH]1. The molecule has 0 aliphatic rings. The molecule has 32 heavy (non-hydrogen) atoms. The van der Waals surface area contributed by atoms with Gasteiger partial charge in [-0.1, -0.05) is 30.3 Å². The summed E-state index contributed by atoms with van der Waals surface area (Å²) in [6.45, 7) is 0.590. The van der Waals surface area contributed by atoms with Gasteiger partial charge in [-0.05, 0) is 35.2 Å². The third-order valence-corrected chi connectivity index (χ3v) is 4.85. The number of carbonyl (C=O) groups excluding carboxylic acids is 1. The lowest BCUT2D eigenvalue weighted by Crippen LogP contribution is -2.43. The Bertz CT molecular complexity index is 1060. The number of aromatic amines is 1. The second-order valence-corrected chi connectivity index (χ2v) is 7.56. The summed E-state index contributed by atoms with van der Waals surface area (Å²) in [6.07, 6.45) is -3.72. The number of aromatic nitrogens is 1. The molecule has 0 spiro atoms. The predicted octanol–water partition coefficient (Wildman–Crippen LogP) is 3.55. The van der Waals surface area contributed by atoms with Crippen molar-refractivity contribution in [1.29, 1.82) is 0 Å². The molecule has 0 saturated heterocycles. The second-order valence-electron chi connectivity index (χ2n) is 7.56. The van der Waals surface area contributed by atoms with E-state index < -0.39 is 11.7 Å². The summed E-state index contributed by atoms with van der Waals surface area (Å²) in [5.41, 5.74) is 1.81. The van der Waals surface area contributed by atoms with Crippen molar-refractivity contribution in [3.63, 3.8) is 0 Å². The Balaban J connectivity index is 1.66. The van der Waals surface area contributed by atoms with Crippen LogP contribution in [0.15, 0.2) is 59.6 Å². The number of rotatable bonds is 7. The van der Waals surface area contributed by atoms with Crippen LogP contribution in [0.5, 0.6) is 0 Å². The van der Waals surface area contributed by atoms with Crippen molar-refractivity contribution in [1.82, 2.24) is 20.5 Å². The zero-order valence-electron chi connectivity index (χ0n) is 18.0. The van der Waals surface area contributed by atoms with Crippen LogP contribution in [0.1, 0.15) is 16.8 Å². The molecule has 1 amide bonds. The first-order valence-corrected chi connectivity index (χ1v) is 10.2. The number of alkyl halides is 3. The summed E-state index contributed by atoms with van der Waals surface area (Å²) in [7, 11) is 3.29. The smallest absolute Gasteiger partial charge is 0.358 e. The van der Waals surface area contributed by atoms with E-state index in [0.29, 0.717) is 24.5 Å². The number of nitrogens with one attached hydrogen (secondary N) is 3. The molecule has 0 aliphatic heterocycles. The molecule has 3 N–H and O–H groups in total. The largest absolute Gasteiger partial charge is 0.416 e. The molecule has 1 heterocycles. The maximum Gasteiger partial charge on any atom is 0.416 e. The molecule has 0 saturated carbocycles. The lowest BCUT2D eigenvalue weighted by atomic mass is 10.1. The Kier molecular flexibility index (Phi) is 7.40. The molecule has 0 aliphatic carbocycles. The summed E-state index contributed by atoms with van der Waals surface area (Å²) < 4.78 is 38.9. The number of nitrogens with zero attached hydrogens (tertiary/aromatic N) is 2. The molecular formula is C23H26F3N5O. The average molecular weight is 445 g/mol. The van der Waals surface area contributed by atoms with Crippen LogP contribution in [0.25, 0.3) is 10.9 Å². The molecule has 170 valence electrons. The monoisotopic (exact) mass is 445 g/mol. The van der Waals surface area contributed by atoms with Crippen LogP contribution in [-0.4, -0.2) is 48.9 Å². The van der Waals surface area contributed by atoms with E-state index in [1.807, 2.05) is 24.3 Å². The van der Waals surface area contributed by atoms with Crippen LogP contribution < -0.4 is 10.6 Å². The highest BCUT2D eigenvalue weighted by Crippen LogP contribution is 2.29. The van der Waals surface area contributed by atoms with Crippen LogP contribution in [0.4, 0.5) is 13.2 Å². The summed E-state index contributed by atoms with van der Waals surface area (Å²) >= 11 is 0. The predicted molar refractivity (Wildman–Crippen MR) is 119 cm³/mol. The van der Waals surface area contributed by atoms with Gasteiger partial charge in [-0.15, -0.1) is 0 Å². The standard InChI is InChI=1S/C23H26F3N5O/c1-31(2)21(32)15-29-22(28-14-16-6-5-8-18(12-16)23(24,25)26)27-11-10-19-13-17-7-3-4-9-20(17)30-19/h3-9,12-13,30H,10-11,14-15H2,1-2H3,(H2,27,28,29). The second kappa shape index (κ2) is 10.2. The Labute approximate surface area is 184 Å². The number of carbonyl (C=O) groups is 1. The Hall–Kier alpha value is -3.49. The zero-order valence-corrected chi connectivity index (χ0v) is 18.0. The maximum atomic E-state index is 13.0. The molecule has 2 aromatic carbocycles. The number of hydrogen-bond donors (Lipinski definition) is 3. The van der Waals surface area contributed by atoms with Crippen molar-refractivity contribution in [2.75, 3.05) is 27.2 Å². The third-order valence-electron chi connectivity index (χ3n) is 4.85. The fourth-order valence-electron chi connectivity index (χ4n) is 3.09. The number of guanidine groups is 1. The van der Waals surface area contributed by atoms with Gasteiger partial charge in [-0.2, -0.15) is 13.2 Å². The van der Waals surface area contributed by atoms with Crippen molar-refractivity contribution >= 4 is 22.8 Å². The van der Waals surface area contributed by atoms with Gasteiger partial charge < -0.3 is 20.5 Å². The van der Waals surface area contributed by atoms with Gasteiger partial charge in [-0.3, -0.25) is 4.79 Å². The topological polar surface area (TPSA) is 72.5 Å². The first-order valence-electron chi connectivity index (χ1n) is 10.2.